The van der Waals surface area contributed by atoms with Crippen molar-refractivity contribution >= 4 is 56.4 Å². The molecule has 0 bridgehead atoms. The van der Waals surface area contributed by atoms with Gasteiger partial charge in [-0.3, -0.25) is 14.3 Å². The minimum absolute atomic E-state index is 0.0331. The first-order valence-corrected chi connectivity index (χ1v) is 11.7. The molecule has 0 spiro atoms. The predicted molar refractivity (Wildman–Crippen MR) is 126 cm³/mol. The smallest absolute Gasteiger partial charge is 0.263 e. The second-order valence-corrected chi connectivity index (χ2v) is 9.14. The van der Waals surface area contributed by atoms with Crippen molar-refractivity contribution in [1.29, 1.82) is 0 Å². The van der Waals surface area contributed by atoms with Crippen LogP contribution in [0.25, 0.3) is 0 Å². The largest absolute Gasteiger partial charge is 0.352 e. The van der Waals surface area contributed by atoms with Crippen LogP contribution < -0.4 is 15.4 Å². The zero-order valence-corrected chi connectivity index (χ0v) is 19.2. The molecule has 0 unspecified atom stereocenters. The maximum absolute atomic E-state index is 12.8. The lowest BCUT2D eigenvalue weighted by Gasteiger charge is -2.12. The average molecular weight is 492 g/mol. The number of hydrogen-bond acceptors (Lipinski definition) is 4. The zero-order chi connectivity index (χ0) is 23.3. The number of anilines is 2. The molecular formula is C22H19Cl2N3O4S. The minimum Gasteiger partial charge on any atom is -0.352 e. The molecule has 0 aliphatic heterocycles. The van der Waals surface area contributed by atoms with Gasteiger partial charge in [-0.25, -0.2) is 8.42 Å². The number of halogens is 2. The predicted octanol–water partition coefficient (Wildman–Crippen LogP) is 4.80. The van der Waals surface area contributed by atoms with Crippen molar-refractivity contribution in [2.24, 2.45) is 0 Å². The number of hydrogen-bond donors (Lipinski definition) is 3. The topological polar surface area (TPSA) is 104 Å². The molecule has 0 aliphatic rings. The van der Waals surface area contributed by atoms with E-state index in [1.54, 1.807) is 36.4 Å². The van der Waals surface area contributed by atoms with Crippen LogP contribution in [0.1, 0.15) is 27.6 Å². The van der Waals surface area contributed by atoms with Gasteiger partial charge in [-0.15, -0.1) is 0 Å². The molecule has 32 heavy (non-hydrogen) atoms. The molecule has 0 radical (unpaired) electrons. The number of nitrogens with one attached hydrogen (secondary N) is 3. The number of benzene rings is 3. The Morgan fingerprint density at radius 1 is 0.812 bits per heavy atom. The van der Waals surface area contributed by atoms with Crippen LogP contribution in [0.4, 0.5) is 11.4 Å². The first-order chi connectivity index (χ1) is 15.2. The number of carbonyl (C=O) groups is 2. The summed E-state index contributed by atoms with van der Waals surface area (Å²) in [5.41, 5.74) is 1.30. The average Bonchev–Trinajstić information content (AvgIpc) is 2.76. The third-order valence-corrected chi connectivity index (χ3v) is 6.44. The molecule has 0 saturated heterocycles. The zero-order valence-electron chi connectivity index (χ0n) is 16.9. The van der Waals surface area contributed by atoms with E-state index in [0.29, 0.717) is 28.5 Å². The monoisotopic (exact) mass is 491 g/mol. The SMILES string of the molecule is CCNC(=O)c1ccc(NC(=O)c2ccc(Cl)c(S(=O)(=O)Nc3ccc(Cl)cc3)c2)cc1. The van der Waals surface area contributed by atoms with Crippen molar-refractivity contribution in [2.75, 3.05) is 16.6 Å². The van der Waals surface area contributed by atoms with Crippen molar-refractivity contribution in [3.63, 3.8) is 0 Å². The maximum Gasteiger partial charge on any atom is 0.263 e. The van der Waals surface area contributed by atoms with Crippen molar-refractivity contribution in [3.05, 3.63) is 87.9 Å². The van der Waals surface area contributed by atoms with Crippen LogP contribution in [0, 0.1) is 0 Å². The molecule has 0 saturated carbocycles. The quantitative estimate of drug-likeness (QED) is 0.441. The summed E-state index contributed by atoms with van der Waals surface area (Å²) < 4.78 is 28.0. The number of carbonyl (C=O) groups excluding carboxylic acids is 2. The van der Waals surface area contributed by atoms with Crippen molar-refractivity contribution in [1.82, 2.24) is 5.32 Å². The van der Waals surface area contributed by atoms with Crippen LogP contribution in [0.15, 0.2) is 71.6 Å². The van der Waals surface area contributed by atoms with Crippen molar-refractivity contribution in [3.8, 4) is 0 Å². The molecule has 3 aromatic carbocycles. The van der Waals surface area contributed by atoms with Crippen LogP contribution >= 0.6 is 23.2 Å². The van der Waals surface area contributed by atoms with Crippen LogP contribution in [-0.2, 0) is 10.0 Å². The molecule has 0 aromatic heterocycles. The summed E-state index contributed by atoms with van der Waals surface area (Å²) in [6.45, 7) is 2.32. The van der Waals surface area contributed by atoms with Crippen molar-refractivity contribution in [2.45, 2.75) is 11.8 Å². The van der Waals surface area contributed by atoms with Gasteiger partial charge in [-0.2, -0.15) is 0 Å². The molecule has 166 valence electrons. The molecule has 3 aromatic rings. The first-order valence-electron chi connectivity index (χ1n) is 9.47. The van der Waals surface area contributed by atoms with Crippen LogP contribution in [-0.4, -0.2) is 26.8 Å². The Kier molecular flexibility index (Phi) is 7.40. The Labute approximate surface area is 195 Å². The van der Waals surface area contributed by atoms with E-state index in [4.69, 9.17) is 23.2 Å². The molecule has 0 aliphatic carbocycles. The van der Waals surface area contributed by atoms with Crippen LogP contribution in [0.3, 0.4) is 0 Å². The van der Waals surface area contributed by atoms with Gasteiger partial charge in [0, 0.05) is 34.1 Å². The van der Waals surface area contributed by atoms with E-state index < -0.39 is 15.9 Å². The van der Waals surface area contributed by atoms with Gasteiger partial charge < -0.3 is 10.6 Å². The highest BCUT2D eigenvalue weighted by Gasteiger charge is 2.20. The fraction of sp³-hybridized carbons (Fsp3) is 0.0909. The Hall–Kier alpha value is -3.07. The van der Waals surface area contributed by atoms with Gasteiger partial charge in [0.2, 0.25) is 0 Å². The van der Waals surface area contributed by atoms with Crippen LogP contribution in [0.5, 0.6) is 0 Å². The maximum atomic E-state index is 12.8. The van der Waals surface area contributed by atoms with Gasteiger partial charge in [0.15, 0.2) is 0 Å². The number of rotatable bonds is 7. The standard InChI is InChI=1S/C22H19Cl2N3O4S/c1-2-25-21(28)14-3-8-17(9-4-14)26-22(29)15-5-12-19(24)20(13-15)32(30,31)27-18-10-6-16(23)7-11-18/h3-13,27H,2H2,1H3,(H,25,28)(H,26,29). The Bertz CT molecular complexity index is 1250. The summed E-state index contributed by atoms with van der Waals surface area (Å²) in [6, 6.07) is 16.4. The highest BCUT2D eigenvalue weighted by atomic mass is 35.5. The lowest BCUT2D eigenvalue weighted by molar-refractivity contribution is 0.0955. The van der Waals surface area contributed by atoms with E-state index in [2.05, 4.69) is 15.4 Å². The molecule has 7 nitrogen and oxygen atoms in total. The van der Waals surface area contributed by atoms with Gasteiger partial charge in [0.05, 0.1) is 5.02 Å². The van der Waals surface area contributed by atoms with Gasteiger partial charge in [-0.05, 0) is 73.7 Å². The summed E-state index contributed by atoms with van der Waals surface area (Å²) in [7, 11) is -4.06. The fourth-order valence-corrected chi connectivity index (χ4v) is 4.46. The molecule has 3 rings (SSSR count). The Morgan fingerprint density at radius 2 is 1.41 bits per heavy atom. The second kappa shape index (κ2) is 10.0. The number of sulfonamides is 1. The van der Waals surface area contributed by atoms with E-state index in [1.807, 2.05) is 6.92 Å². The number of amides is 2. The van der Waals surface area contributed by atoms with E-state index in [-0.39, 0.29) is 21.4 Å². The molecule has 0 atom stereocenters. The molecular weight excluding hydrogens is 473 g/mol. The first kappa shape index (κ1) is 23.6. The normalized spacial score (nSPS) is 11.0. The van der Waals surface area contributed by atoms with Crippen molar-refractivity contribution < 1.29 is 18.0 Å². The molecule has 10 heteroatoms. The summed E-state index contributed by atoms with van der Waals surface area (Å²) >= 11 is 11.9. The highest BCUT2D eigenvalue weighted by molar-refractivity contribution is 7.92. The summed E-state index contributed by atoms with van der Waals surface area (Å²) in [5, 5.41) is 5.78. The summed E-state index contributed by atoms with van der Waals surface area (Å²) in [5.74, 6) is -0.749. The summed E-state index contributed by atoms with van der Waals surface area (Å²) in [6.07, 6.45) is 0. The lowest BCUT2D eigenvalue weighted by Crippen LogP contribution is -2.22. The van der Waals surface area contributed by atoms with Gasteiger partial charge in [-0.1, -0.05) is 23.2 Å². The van der Waals surface area contributed by atoms with E-state index in [0.717, 1.165) is 0 Å². The van der Waals surface area contributed by atoms with E-state index in [1.165, 1.54) is 30.3 Å². The minimum atomic E-state index is -4.06. The van der Waals surface area contributed by atoms with E-state index >= 15 is 0 Å². The third-order valence-electron chi connectivity index (χ3n) is 4.32. The van der Waals surface area contributed by atoms with Crippen LogP contribution in [0.2, 0.25) is 10.0 Å². The van der Waals surface area contributed by atoms with Gasteiger partial charge in [0.1, 0.15) is 4.90 Å². The lowest BCUT2D eigenvalue weighted by atomic mass is 10.1. The molecule has 0 fully saturated rings. The molecule has 2 amide bonds. The molecule has 0 heterocycles. The van der Waals surface area contributed by atoms with Gasteiger partial charge in [0.25, 0.3) is 21.8 Å². The Morgan fingerprint density at radius 3 is 2.03 bits per heavy atom. The molecule has 3 N–H and O–H groups in total. The fourth-order valence-electron chi connectivity index (χ4n) is 2.75. The third kappa shape index (κ3) is 5.79. The van der Waals surface area contributed by atoms with E-state index in [9.17, 15) is 18.0 Å². The highest BCUT2D eigenvalue weighted by Crippen LogP contribution is 2.26. The Balaban J connectivity index is 1.79. The van der Waals surface area contributed by atoms with Gasteiger partial charge >= 0.3 is 0 Å². The summed E-state index contributed by atoms with van der Waals surface area (Å²) in [4.78, 5) is 24.2. The second-order valence-electron chi connectivity index (χ2n) is 6.65.